The van der Waals surface area contributed by atoms with Gasteiger partial charge in [0.1, 0.15) is 58.5 Å². The number of fused-ring (bicyclic) bond motifs is 1. The number of esters is 6. The van der Waals surface area contributed by atoms with Gasteiger partial charge >= 0.3 is 35.8 Å². The summed E-state index contributed by atoms with van der Waals surface area (Å²) in [5.74, 6) is -2.89. The van der Waals surface area contributed by atoms with Crippen molar-refractivity contribution in [1.29, 1.82) is 10.5 Å². The fraction of sp³-hybridized carbons (Fsp3) is 0.259. The van der Waals surface area contributed by atoms with E-state index in [1.54, 1.807) is 48.5 Å². The smallest absolute Gasteiger partial charge is 0.354 e. The highest BCUT2D eigenvalue weighted by Gasteiger charge is 2.51. The quantitative estimate of drug-likeness (QED) is 0.0171. The van der Waals surface area contributed by atoms with Crippen molar-refractivity contribution in [1.82, 2.24) is 0 Å². The van der Waals surface area contributed by atoms with E-state index in [9.17, 15) is 39.3 Å². The van der Waals surface area contributed by atoms with Crippen molar-refractivity contribution in [2.75, 3.05) is 39.6 Å². The zero-order chi connectivity index (χ0) is 51.2. The Morgan fingerprint density at radius 2 is 0.861 bits per heavy atom. The second kappa shape index (κ2) is 26.8. The van der Waals surface area contributed by atoms with Gasteiger partial charge in [0.2, 0.25) is 0 Å². The molecule has 0 bridgehead atoms. The Bertz CT molecular complexity index is 2540. The third-order valence-electron chi connectivity index (χ3n) is 10.6. The summed E-state index contributed by atoms with van der Waals surface area (Å²) >= 11 is 0. The van der Waals surface area contributed by atoms with Crippen LogP contribution in [0.2, 0.25) is 0 Å². The second-order valence-corrected chi connectivity index (χ2v) is 15.6. The number of nitriles is 2. The van der Waals surface area contributed by atoms with Gasteiger partial charge in [0.15, 0.2) is 12.2 Å². The lowest BCUT2D eigenvalue weighted by Gasteiger charge is -2.17. The molecular formula is C54H48N2O16. The van der Waals surface area contributed by atoms with Crippen LogP contribution in [-0.2, 0) is 47.6 Å². The summed E-state index contributed by atoms with van der Waals surface area (Å²) in [7, 11) is 0. The minimum absolute atomic E-state index is 0.0292. The van der Waals surface area contributed by atoms with Crippen LogP contribution in [0, 0.1) is 22.7 Å². The topological polar surface area (TPSA) is 242 Å². The first kappa shape index (κ1) is 52.5. The van der Waals surface area contributed by atoms with E-state index < -0.39 is 60.2 Å². The van der Waals surface area contributed by atoms with Crippen LogP contribution in [-0.4, -0.2) is 99.9 Å². The van der Waals surface area contributed by atoms with E-state index in [1.807, 2.05) is 12.1 Å². The molecule has 4 atom stereocenters. The highest BCUT2D eigenvalue weighted by Crippen LogP contribution is 2.32. The molecule has 2 aliphatic heterocycles. The van der Waals surface area contributed by atoms with Crippen molar-refractivity contribution in [2.45, 2.75) is 50.1 Å². The SMILES string of the molecule is C=CC(=O)OCCCCOc1ccc(/C=C(\C#N)C(=O)Oc2ccc(C(=O)O[C@H]3COC4C3OC[C@H]4OC(=O)c3ccc(OC(=O)/C(C#N)=C/c4ccc(OCCCCOC(=O)C=C)cc4)cc3)cc2)cc1. The van der Waals surface area contributed by atoms with Crippen molar-refractivity contribution >= 4 is 48.0 Å². The first-order valence-electron chi connectivity index (χ1n) is 22.5. The van der Waals surface area contributed by atoms with Crippen molar-refractivity contribution < 1.29 is 76.1 Å². The lowest BCUT2D eigenvalue weighted by molar-refractivity contribution is -0.138. The van der Waals surface area contributed by atoms with Crippen LogP contribution in [0.1, 0.15) is 57.5 Å². The Morgan fingerprint density at radius 3 is 1.21 bits per heavy atom. The summed E-state index contributed by atoms with van der Waals surface area (Å²) in [6.07, 6.45) is 4.39. The lowest BCUT2D eigenvalue weighted by Crippen LogP contribution is -2.36. The van der Waals surface area contributed by atoms with Crippen LogP contribution >= 0.6 is 0 Å². The molecule has 2 fully saturated rings. The molecule has 0 spiro atoms. The van der Waals surface area contributed by atoms with Crippen LogP contribution in [0.5, 0.6) is 23.0 Å². The predicted octanol–water partition coefficient (Wildman–Crippen LogP) is 7.04. The first-order chi connectivity index (χ1) is 35.0. The average molecular weight is 981 g/mol. The van der Waals surface area contributed by atoms with Gasteiger partial charge in [-0.15, -0.1) is 0 Å². The minimum atomic E-state index is -0.909. The van der Waals surface area contributed by atoms with Crippen molar-refractivity contribution in [2.24, 2.45) is 0 Å². The highest BCUT2D eigenvalue weighted by molar-refractivity contribution is 6.00. The van der Waals surface area contributed by atoms with Gasteiger partial charge < -0.3 is 47.4 Å². The van der Waals surface area contributed by atoms with E-state index in [1.165, 1.54) is 60.7 Å². The monoisotopic (exact) mass is 980 g/mol. The van der Waals surface area contributed by atoms with Crippen LogP contribution in [0.3, 0.4) is 0 Å². The Morgan fingerprint density at radius 1 is 0.514 bits per heavy atom. The molecule has 2 saturated heterocycles. The average Bonchev–Trinajstić information content (AvgIpc) is 4.00. The van der Waals surface area contributed by atoms with Gasteiger partial charge in [-0.3, -0.25) is 0 Å². The lowest BCUT2D eigenvalue weighted by atomic mass is 10.1. The summed E-state index contributed by atoms with van der Waals surface area (Å²) in [4.78, 5) is 74.1. The molecule has 18 nitrogen and oxygen atoms in total. The van der Waals surface area contributed by atoms with E-state index in [0.717, 1.165) is 12.2 Å². The number of unbranched alkanes of at least 4 members (excludes halogenated alkanes) is 2. The van der Waals surface area contributed by atoms with E-state index in [-0.39, 0.29) is 60.2 Å². The largest absolute Gasteiger partial charge is 0.494 e. The Balaban J connectivity index is 0.911. The predicted molar refractivity (Wildman–Crippen MR) is 254 cm³/mol. The second-order valence-electron chi connectivity index (χ2n) is 15.6. The number of carbonyl (C=O) groups is 6. The molecule has 2 unspecified atom stereocenters. The van der Waals surface area contributed by atoms with Crippen molar-refractivity contribution in [3.8, 4) is 35.1 Å². The van der Waals surface area contributed by atoms with E-state index in [4.69, 9.17) is 47.4 Å². The number of nitrogens with zero attached hydrogens (tertiary/aromatic N) is 2. The molecule has 0 aromatic heterocycles. The summed E-state index contributed by atoms with van der Waals surface area (Å²) in [5, 5.41) is 19.3. The summed E-state index contributed by atoms with van der Waals surface area (Å²) < 4.78 is 55.0. The third kappa shape index (κ3) is 15.6. The normalized spacial score (nSPS) is 16.9. The fourth-order valence-electron chi connectivity index (χ4n) is 6.86. The number of carbonyl (C=O) groups excluding carboxylic acids is 6. The molecule has 6 rings (SSSR count). The summed E-state index contributed by atoms with van der Waals surface area (Å²) in [6.45, 7) is 7.95. The van der Waals surface area contributed by atoms with Gasteiger partial charge in [-0.1, -0.05) is 37.4 Å². The molecule has 370 valence electrons. The van der Waals surface area contributed by atoms with Gasteiger partial charge in [-0.05, 0) is 122 Å². The van der Waals surface area contributed by atoms with Gasteiger partial charge in [0, 0.05) is 12.2 Å². The molecule has 0 saturated carbocycles. The van der Waals surface area contributed by atoms with Crippen molar-refractivity contribution in [3.63, 3.8) is 0 Å². The molecule has 18 heteroatoms. The third-order valence-corrected chi connectivity index (χ3v) is 10.6. The van der Waals surface area contributed by atoms with E-state index in [0.29, 0.717) is 61.5 Å². The van der Waals surface area contributed by atoms with Gasteiger partial charge in [-0.25, -0.2) is 28.8 Å². The van der Waals surface area contributed by atoms with Crippen LogP contribution < -0.4 is 18.9 Å². The van der Waals surface area contributed by atoms with Crippen molar-refractivity contribution in [3.05, 3.63) is 156 Å². The number of hydrogen-bond donors (Lipinski definition) is 0. The van der Waals surface area contributed by atoms with Gasteiger partial charge in [0.25, 0.3) is 0 Å². The fourth-order valence-corrected chi connectivity index (χ4v) is 6.86. The summed E-state index contributed by atoms with van der Waals surface area (Å²) in [6, 6.07) is 28.2. The maximum Gasteiger partial charge on any atom is 0.354 e. The zero-order valence-electron chi connectivity index (χ0n) is 38.8. The molecule has 2 aliphatic rings. The standard InChI is InChI=1S/C54H48N2O16/c1-3-47(57)65-27-7-5-25-63-41-17-9-35(10-18-41)29-39(31-55)53(61)69-43-21-13-37(14-22-43)51(59)71-45-33-67-50-46(34-68-49(45)50)72-52(60)38-15-23-44(24-16-38)70-54(62)40(32-56)30-36-11-19-42(20-12-36)64-26-6-8-28-66-48(58)4-2/h3-4,9-24,29-30,45-46,49-50H,1-2,5-8,25-28,33-34H2/b39-29+,40-30+/t45-,46+,49?,50?. The van der Waals surface area contributed by atoms with Crippen LogP contribution in [0.25, 0.3) is 12.2 Å². The molecular weight excluding hydrogens is 933 g/mol. The Labute approximate surface area is 414 Å². The molecule has 0 aliphatic carbocycles. The molecule has 0 amide bonds. The van der Waals surface area contributed by atoms with E-state index >= 15 is 0 Å². The molecule has 4 aromatic rings. The molecule has 0 N–H and O–H groups in total. The first-order valence-corrected chi connectivity index (χ1v) is 22.5. The molecule has 2 heterocycles. The van der Waals surface area contributed by atoms with Crippen LogP contribution in [0.15, 0.2) is 134 Å². The Kier molecular flexibility index (Phi) is 19.5. The molecule has 72 heavy (non-hydrogen) atoms. The Hall–Kier alpha value is -8.84. The number of ether oxygens (including phenoxy) is 10. The summed E-state index contributed by atoms with van der Waals surface area (Å²) in [5.41, 5.74) is 0.844. The van der Waals surface area contributed by atoms with E-state index in [2.05, 4.69) is 13.2 Å². The molecule has 0 radical (unpaired) electrons. The highest BCUT2D eigenvalue weighted by atomic mass is 16.7. The number of benzene rings is 4. The maximum atomic E-state index is 13.1. The zero-order valence-corrected chi connectivity index (χ0v) is 38.8. The van der Waals surface area contributed by atoms with Gasteiger partial charge in [0.05, 0.1) is 50.8 Å². The number of rotatable bonds is 24. The number of hydrogen-bond acceptors (Lipinski definition) is 18. The maximum absolute atomic E-state index is 13.1. The minimum Gasteiger partial charge on any atom is -0.494 e. The van der Waals surface area contributed by atoms with Gasteiger partial charge in [-0.2, -0.15) is 10.5 Å². The molecule has 4 aromatic carbocycles. The van der Waals surface area contributed by atoms with Crippen LogP contribution in [0.4, 0.5) is 0 Å².